The van der Waals surface area contributed by atoms with Gasteiger partial charge >= 0.3 is 0 Å². The molecule has 0 aliphatic rings. The van der Waals surface area contributed by atoms with Gasteiger partial charge in [0, 0.05) is 0 Å². The van der Waals surface area contributed by atoms with Crippen molar-refractivity contribution in [1.29, 1.82) is 0 Å². The van der Waals surface area contributed by atoms with E-state index in [1.807, 2.05) is 0 Å². The lowest BCUT2D eigenvalue weighted by molar-refractivity contribution is 0.295. The summed E-state index contributed by atoms with van der Waals surface area (Å²) in [7, 11) is 6.50. The zero-order valence-electron chi connectivity index (χ0n) is 11.1. The summed E-state index contributed by atoms with van der Waals surface area (Å²) in [5.41, 5.74) is 0. The molecule has 0 saturated heterocycles. The lowest BCUT2D eigenvalue weighted by atomic mass is 10.3. The Morgan fingerprint density at radius 3 is 2.13 bits per heavy atom. The van der Waals surface area contributed by atoms with Crippen LogP contribution < -0.4 is 5.32 Å². The van der Waals surface area contributed by atoms with E-state index in [1.165, 1.54) is 45.4 Å². The first-order valence-corrected chi connectivity index (χ1v) is 6.20. The molecule has 0 heterocycles. The summed E-state index contributed by atoms with van der Waals surface area (Å²) in [5, 5.41) is 3.35. The highest BCUT2D eigenvalue weighted by Crippen LogP contribution is 1.94. The van der Waals surface area contributed by atoms with E-state index in [-0.39, 0.29) is 0 Å². The molecule has 0 rings (SSSR count). The van der Waals surface area contributed by atoms with Crippen molar-refractivity contribution in [3.8, 4) is 0 Å². The third kappa shape index (κ3) is 11.8. The van der Waals surface area contributed by atoms with Gasteiger partial charge in [0.2, 0.25) is 0 Å². The van der Waals surface area contributed by atoms with Crippen LogP contribution >= 0.6 is 0 Å². The Kier molecular flexibility index (Phi) is 10.3. The fourth-order valence-electron chi connectivity index (χ4n) is 1.58. The summed E-state index contributed by atoms with van der Waals surface area (Å²) in [4.78, 5) is 4.69. The van der Waals surface area contributed by atoms with Crippen LogP contribution in [0.5, 0.6) is 0 Å². The van der Waals surface area contributed by atoms with Crippen LogP contribution in [0.15, 0.2) is 0 Å². The van der Waals surface area contributed by atoms with Gasteiger partial charge in [-0.3, -0.25) is 0 Å². The lowest BCUT2D eigenvalue weighted by Crippen LogP contribution is -2.25. The van der Waals surface area contributed by atoms with Crippen molar-refractivity contribution < 1.29 is 0 Å². The molecule has 0 spiro atoms. The topological polar surface area (TPSA) is 18.5 Å². The average Bonchev–Trinajstić information content (AvgIpc) is 2.17. The summed E-state index contributed by atoms with van der Waals surface area (Å²) in [6.07, 6.45) is 3.88. The van der Waals surface area contributed by atoms with E-state index in [0.717, 1.165) is 6.54 Å². The van der Waals surface area contributed by atoms with Crippen LogP contribution in [0.4, 0.5) is 0 Å². The Morgan fingerprint density at radius 2 is 1.53 bits per heavy atom. The average molecular weight is 215 g/mol. The van der Waals surface area contributed by atoms with Gasteiger partial charge in [-0.05, 0) is 73.1 Å². The minimum atomic E-state index is 1.10. The van der Waals surface area contributed by atoms with E-state index in [4.69, 9.17) is 0 Å². The van der Waals surface area contributed by atoms with Crippen LogP contribution in [0.3, 0.4) is 0 Å². The highest BCUT2D eigenvalue weighted by molar-refractivity contribution is 4.55. The SMILES string of the molecule is CCNCCCCN(C)CCCN(C)C. The van der Waals surface area contributed by atoms with Crippen molar-refractivity contribution in [3.05, 3.63) is 0 Å². The Bertz CT molecular complexity index is 126. The van der Waals surface area contributed by atoms with E-state index >= 15 is 0 Å². The number of unbranched alkanes of at least 4 members (excludes halogenated alkanes) is 1. The van der Waals surface area contributed by atoms with Crippen molar-refractivity contribution in [2.24, 2.45) is 0 Å². The maximum Gasteiger partial charge on any atom is -0.000960 e. The zero-order valence-corrected chi connectivity index (χ0v) is 11.1. The molecule has 0 saturated carbocycles. The fourth-order valence-corrected chi connectivity index (χ4v) is 1.58. The van der Waals surface area contributed by atoms with Crippen LogP contribution in [-0.4, -0.2) is 63.7 Å². The second-order valence-electron chi connectivity index (χ2n) is 4.52. The third-order valence-corrected chi connectivity index (χ3v) is 2.54. The molecule has 0 amide bonds. The number of nitrogens with zero attached hydrogens (tertiary/aromatic N) is 2. The quantitative estimate of drug-likeness (QED) is 0.554. The van der Waals surface area contributed by atoms with Gasteiger partial charge < -0.3 is 15.1 Å². The van der Waals surface area contributed by atoms with Gasteiger partial charge in [-0.1, -0.05) is 6.92 Å². The summed E-state index contributed by atoms with van der Waals surface area (Å²) in [6, 6.07) is 0. The van der Waals surface area contributed by atoms with Crippen LogP contribution in [-0.2, 0) is 0 Å². The second-order valence-corrected chi connectivity index (χ2v) is 4.52. The number of hydrogen-bond donors (Lipinski definition) is 1. The molecule has 15 heavy (non-hydrogen) atoms. The van der Waals surface area contributed by atoms with E-state index in [9.17, 15) is 0 Å². The van der Waals surface area contributed by atoms with Crippen LogP contribution in [0.1, 0.15) is 26.2 Å². The van der Waals surface area contributed by atoms with Gasteiger partial charge in [0.1, 0.15) is 0 Å². The van der Waals surface area contributed by atoms with E-state index < -0.39 is 0 Å². The second kappa shape index (κ2) is 10.4. The van der Waals surface area contributed by atoms with Crippen molar-refractivity contribution in [2.45, 2.75) is 26.2 Å². The molecule has 0 unspecified atom stereocenters. The minimum Gasteiger partial charge on any atom is -0.317 e. The molecule has 92 valence electrons. The summed E-state index contributed by atoms with van der Waals surface area (Å²) in [6.45, 7) is 8.08. The third-order valence-electron chi connectivity index (χ3n) is 2.54. The summed E-state index contributed by atoms with van der Waals surface area (Å²) in [5.74, 6) is 0. The Labute approximate surface area is 95.8 Å². The molecule has 0 radical (unpaired) electrons. The molecule has 0 aliphatic carbocycles. The predicted molar refractivity (Wildman–Crippen MR) is 68.4 cm³/mol. The molecule has 0 aromatic rings. The molecule has 0 fully saturated rings. The van der Waals surface area contributed by atoms with Gasteiger partial charge in [0.25, 0.3) is 0 Å². The zero-order chi connectivity index (χ0) is 11.5. The van der Waals surface area contributed by atoms with Crippen molar-refractivity contribution >= 4 is 0 Å². The molecule has 0 aliphatic heterocycles. The smallest absolute Gasteiger partial charge is 0.000960 e. The van der Waals surface area contributed by atoms with E-state index in [1.54, 1.807) is 0 Å². The lowest BCUT2D eigenvalue weighted by Gasteiger charge is -2.17. The Balaban J connectivity index is 3.15. The first-order chi connectivity index (χ1) is 7.16. The van der Waals surface area contributed by atoms with E-state index in [0.29, 0.717) is 0 Å². The molecular formula is C12H29N3. The van der Waals surface area contributed by atoms with Crippen LogP contribution in [0.2, 0.25) is 0 Å². The van der Waals surface area contributed by atoms with Gasteiger partial charge in [-0.15, -0.1) is 0 Å². The summed E-state index contributed by atoms with van der Waals surface area (Å²) >= 11 is 0. The van der Waals surface area contributed by atoms with Crippen molar-refractivity contribution in [1.82, 2.24) is 15.1 Å². The maximum absolute atomic E-state index is 3.35. The first-order valence-electron chi connectivity index (χ1n) is 6.20. The monoisotopic (exact) mass is 215 g/mol. The largest absolute Gasteiger partial charge is 0.317 e. The minimum absolute atomic E-state index is 1.10. The maximum atomic E-state index is 3.35. The van der Waals surface area contributed by atoms with Crippen molar-refractivity contribution in [2.75, 3.05) is 53.9 Å². The Hall–Kier alpha value is -0.120. The Morgan fingerprint density at radius 1 is 0.867 bits per heavy atom. The molecule has 0 atom stereocenters. The van der Waals surface area contributed by atoms with Gasteiger partial charge in [-0.25, -0.2) is 0 Å². The highest BCUT2D eigenvalue weighted by atomic mass is 15.1. The molecule has 3 heteroatoms. The molecule has 3 nitrogen and oxygen atoms in total. The number of nitrogens with one attached hydrogen (secondary N) is 1. The fraction of sp³-hybridized carbons (Fsp3) is 1.00. The highest BCUT2D eigenvalue weighted by Gasteiger charge is 1.98. The molecule has 1 N–H and O–H groups in total. The molecule has 0 aromatic carbocycles. The van der Waals surface area contributed by atoms with Gasteiger partial charge in [0.05, 0.1) is 0 Å². The standard InChI is InChI=1S/C12H29N3/c1-5-13-9-6-7-11-15(4)12-8-10-14(2)3/h13H,5-12H2,1-4H3. The summed E-state index contributed by atoms with van der Waals surface area (Å²) < 4.78 is 0. The molecule has 0 aromatic heterocycles. The predicted octanol–water partition coefficient (Wildman–Crippen LogP) is 1.26. The first kappa shape index (κ1) is 14.9. The molecule has 0 bridgehead atoms. The van der Waals surface area contributed by atoms with Crippen molar-refractivity contribution in [3.63, 3.8) is 0 Å². The number of rotatable bonds is 10. The number of hydrogen-bond acceptors (Lipinski definition) is 3. The van der Waals surface area contributed by atoms with E-state index in [2.05, 4.69) is 43.2 Å². The normalized spacial score (nSPS) is 11.6. The molecular weight excluding hydrogens is 186 g/mol. The van der Waals surface area contributed by atoms with Gasteiger partial charge in [0.15, 0.2) is 0 Å². The van der Waals surface area contributed by atoms with Gasteiger partial charge in [-0.2, -0.15) is 0 Å². The van der Waals surface area contributed by atoms with Crippen LogP contribution in [0, 0.1) is 0 Å². The van der Waals surface area contributed by atoms with Crippen LogP contribution in [0.25, 0.3) is 0 Å².